The van der Waals surface area contributed by atoms with Crippen LogP contribution >= 0.6 is 23.2 Å². The SMILES string of the molecule is CC1(c2cccc(Cl)c2Cl)NC(=NC2CC2)NC1=O. The van der Waals surface area contributed by atoms with Crippen LogP contribution in [0, 0.1) is 0 Å². The fourth-order valence-electron chi connectivity index (χ4n) is 2.09. The van der Waals surface area contributed by atoms with E-state index in [1.54, 1.807) is 25.1 Å². The Kier molecular flexibility index (Phi) is 2.95. The van der Waals surface area contributed by atoms with Crippen molar-refractivity contribution in [2.45, 2.75) is 31.3 Å². The van der Waals surface area contributed by atoms with Crippen LogP contribution in [-0.4, -0.2) is 17.9 Å². The summed E-state index contributed by atoms with van der Waals surface area (Å²) in [5, 5.41) is 6.70. The van der Waals surface area contributed by atoms with E-state index in [1.165, 1.54) is 0 Å². The highest BCUT2D eigenvalue weighted by molar-refractivity contribution is 6.42. The topological polar surface area (TPSA) is 53.5 Å². The second kappa shape index (κ2) is 4.39. The molecule has 6 heteroatoms. The van der Waals surface area contributed by atoms with Gasteiger partial charge in [0, 0.05) is 5.56 Å². The lowest BCUT2D eigenvalue weighted by Gasteiger charge is -2.23. The molecule has 0 aromatic heterocycles. The summed E-state index contributed by atoms with van der Waals surface area (Å²) in [7, 11) is 0. The third-order valence-corrected chi connectivity index (χ3v) is 4.22. The molecule has 0 radical (unpaired) electrons. The van der Waals surface area contributed by atoms with Crippen LogP contribution in [-0.2, 0) is 10.3 Å². The molecule has 1 saturated heterocycles. The maximum Gasteiger partial charge on any atom is 0.256 e. The predicted molar refractivity (Wildman–Crippen MR) is 75.5 cm³/mol. The lowest BCUT2D eigenvalue weighted by atomic mass is 9.92. The van der Waals surface area contributed by atoms with Gasteiger partial charge in [-0.1, -0.05) is 35.3 Å². The van der Waals surface area contributed by atoms with Crippen LogP contribution in [0.4, 0.5) is 0 Å². The monoisotopic (exact) mass is 297 g/mol. The molecule has 4 nitrogen and oxygen atoms in total. The summed E-state index contributed by atoms with van der Waals surface area (Å²) >= 11 is 12.2. The van der Waals surface area contributed by atoms with E-state index in [4.69, 9.17) is 23.2 Å². The van der Waals surface area contributed by atoms with E-state index in [0.717, 1.165) is 12.8 Å². The van der Waals surface area contributed by atoms with Gasteiger partial charge in [-0.25, -0.2) is 4.99 Å². The van der Waals surface area contributed by atoms with E-state index in [0.29, 0.717) is 27.6 Å². The quantitative estimate of drug-likeness (QED) is 0.881. The first-order valence-corrected chi connectivity index (χ1v) is 6.88. The van der Waals surface area contributed by atoms with Gasteiger partial charge in [0.2, 0.25) is 0 Å². The molecule has 1 amide bonds. The fourth-order valence-corrected chi connectivity index (χ4v) is 2.58. The first kappa shape index (κ1) is 12.8. The summed E-state index contributed by atoms with van der Waals surface area (Å²) in [6, 6.07) is 5.60. The Balaban J connectivity index is 1.98. The first-order valence-electron chi connectivity index (χ1n) is 6.12. The van der Waals surface area contributed by atoms with Gasteiger partial charge in [-0.3, -0.25) is 10.1 Å². The molecule has 3 rings (SSSR count). The van der Waals surface area contributed by atoms with E-state index in [9.17, 15) is 4.79 Å². The minimum Gasteiger partial charge on any atom is -0.338 e. The summed E-state index contributed by atoms with van der Waals surface area (Å²) in [5.74, 6) is 0.349. The molecule has 1 heterocycles. The van der Waals surface area contributed by atoms with Gasteiger partial charge in [-0.15, -0.1) is 0 Å². The van der Waals surface area contributed by atoms with Crippen LogP contribution in [0.15, 0.2) is 23.2 Å². The largest absolute Gasteiger partial charge is 0.338 e. The van der Waals surface area contributed by atoms with Gasteiger partial charge >= 0.3 is 0 Å². The molecule has 2 N–H and O–H groups in total. The van der Waals surface area contributed by atoms with Crippen molar-refractivity contribution in [3.63, 3.8) is 0 Å². The molecule has 0 spiro atoms. The van der Waals surface area contributed by atoms with Gasteiger partial charge in [0.05, 0.1) is 16.1 Å². The molecule has 1 aliphatic carbocycles. The van der Waals surface area contributed by atoms with Crippen molar-refractivity contribution < 1.29 is 4.79 Å². The number of nitrogens with one attached hydrogen (secondary N) is 2. The first-order chi connectivity index (χ1) is 9.00. The number of amides is 1. The molecular formula is C13H13Cl2N3O. The van der Waals surface area contributed by atoms with E-state index >= 15 is 0 Å². The molecule has 2 aliphatic rings. The number of benzene rings is 1. The maximum atomic E-state index is 12.2. The standard InChI is InChI=1S/C13H13Cl2N3O/c1-13(8-3-2-4-9(14)10(8)15)11(19)17-12(18-13)16-7-5-6-7/h2-4,7H,5-6H2,1H3,(H2,16,17,18,19). The maximum absolute atomic E-state index is 12.2. The average molecular weight is 298 g/mol. The predicted octanol–water partition coefficient (Wildman–Crippen LogP) is 2.45. The molecule has 1 aromatic rings. The average Bonchev–Trinajstić information content (AvgIpc) is 3.10. The van der Waals surface area contributed by atoms with Crippen molar-refractivity contribution in [2.24, 2.45) is 4.99 Å². The van der Waals surface area contributed by atoms with E-state index < -0.39 is 5.54 Å². The van der Waals surface area contributed by atoms with Crippen LogP contribution < -0.4 is 10.6 Å². The lowest BCUT2D eigenvalue weighted by Crippen LogP contribution is -2.41. The zero-order valence-corrected chi connectivity index (χ0v) is 11.8. The summed E-state index contributed by atoms with van der Waals surface area (Å²) in [6.45, 7) is 1.77. The van der Waals surface area contributed by atoms with Crippen molar-refractivity contribution in [2.75, 3.05) is 0 Å². The van der Waals surface area contributed by atoms with Gasteiger partial charge in [0.1, 0.15) is 5.54 Å². The zero-order chi connectivity index (χ0) is 13.6. The van der Waals surface area contributed by atoms with E-state index in [1.807, 2.05) is 0 Å². The van der Waals surface area contributed by atoms with Crippen LogP contribution in [0.3, 0.4) is 0 Å². The molecule has 100 valence electrons. The molecule has 0 bridgehead atoms. The highest BCUT2D eigenvalue weighted by atomic mass is 35.5. The summed E-state index contributed by atoms with van der Waals surface area (Å²) in [6.07, 6.45) is 2.16. The normalized spacial score (nSPS) is 28.4. The number of nitrogens with zero attached hydrogens (tertiary/aromatic N) is 1. The smallest absolute Gasteiger partial charge is 0.256 e. The number of carbonyl (C=O) groups excluding carboxylic acids is 1. The molecule has 1 aliphatic heterocycles. The van der Waals surface area contributed by atoms with Crippen LogP contribution in [0.5, 0.6) is 0 Å². The number of carbonyl (C=O) groups is 1. The molecule has 1 saturated carbocycles. The fraction of sp³-hybridized carbons (Fsp3) is 0.385. The summed E-state index contributed by atoms with van der Waals surface area (Å²) < 4.78 is 0. The van der Waals surface area contributed by atoms with Crippen molar-refractivity contribution in [3.05, 3.63) is 33.8 Å². The van der Waals surface area contributed by atoms with Gasteiger partial charge in [-0.05, 0) is 25.8 Å². The summed E-state index contributed by atoms with van der Waals surface area (Å²) in [5.41, 5.74) is -0.282. The van der Waals surface area contributed by atoms with Crippen molar-refractivity contribution in [1.82, 2.24) is 10.6 Å². The molecule has 1 aromatic carbocycles. The Morgan fingerprint density at radius 1 is 1.37 bits per heavy atom. The molecule has 1 atom stereocenters. The molecule has 1 unspecified atom stereocenters. The van der Waals surface area contributed by atoms with E-state index in [-0.39, 0.29) is 5.91 Å². The van der Waals surface area contributed by atoms with E-state index in [2.05, 4.69) is 15.6 Å². The Hall–Kier alpha value is -1.26. The number of rotatable bonds is 2. The summed E-state index contributed by atoms with van der Waals surface area (Å²) in [4.78, 5) is 16.6. The highest BCUT2D eigenvalue weighted by Crippen LogP contribution is 2.35. The van der Waals surface area contributed by atoms with Crippen LogP contribution in [0.2, 0.25) is 10.0 Å². The second-order valence-electron chi connectivity index (χ2n) is 5.01. The van der Waals surface area contributed by atoms with Gasteiger partial charge in [0.25, 0.3) is 5.91 Å². The number of hydrogen-bond donors (Lipinski definition) is 2. The Morgan fingerprint density at radius 2 is 2.11 bits per heavy atom. The van der Waals surface area contributed by atoms with Gasteiger partial charge in [0.15, 0.2) is 5.96 Å². The number of hydrogen-bond acceptors (Lipinski definition) is 2. The van der Waals surface area contributed by atoms with Crippen LogP contribution in [0.25, 0.3) is 0 Å². The molecular weight excluding hydrogens is 285 g/mol. The minimum atomic E-state index is -0.935. The molecule has 2 fully saturated rings. The Labute approximate surface area is 121 Å². The van der Waals surface area contributed by atoms with Crippen molar-refractivity contribution >= 4 is 35.1 Å². The number of guanidine groups is 1. The zero-order valence-electron chi connectivity index (χ0n) is 10.3. The Bertz CT molecular complexity index is 583. The highest BCUT2D eigenvalue weighted by Gasteiger charge is 2.44. The minimum absolute atomic E-state index is 0.170. The Morgan fingerprint density at radius 3 is 2.79 bits per heavy atom. The number of halogens is 2. The third kappa shape index (κ3) is 2.19. The van der Waals surface area contributed by atoms with Crippen molar-refractivity contribution in [3.8, 4) is 0 Å². The second-order valence-corrected chi connectivity index (χ2v) is 5.80. The molecule has 19 heavy (non-hydrogen) atoms. The van der Waals surface area contributed by atoms with Gasteiger partial charge < -0.3 is 5.32 Å². The van der Waals surface area contributed by atoms with Crippen LogP contribution in [0.1, 0.15) is 25.3 Å². The number of aliphatic imine (C=N–C) groups is 1. The van der Waals surface area contributed by atoms with Crippen molar-refractivity contribution in [1.29, 1.82) is 0 Å². The van der Waals surface area contributed by atoms with Gasteiger partial charge in [-0.2, -0.15) is 0 Å². The lowest BCUT2D eigenvalue weighted by molar-refractivity contribution is -0.123. The third-order valence-electron chi connectivity index (χ3n) is 3.40.